The standard InChI is InChI=1S/C24H31F3N4O2/c1-16(2)13-20-28-21(31(29-20)19-8-6-7-18(15-19)24(25,26)27)14-17-9-11-30(12-10-17)22(32)33-23(3,4)5/h6-9,15-16H,10-14H2,1-5H3. The molecule has 6 nitrogen and oxygen atoms in total. The van der Waals surface area contributed by atoms with Gasteiger partial charge in [-0.1, -0.05) is 31.6 Å². The van der Waals surface area contributed by atoms with Crippen LogP contribution in [0.4, 0.5) is 18.0 Å². The van der Waals surface area contributed by atoms with Gasteiger partial charge in [-0.25, -0.2) is 14.5 Å². The fourth-order valence-corrected chi connectivity index (χ4v) is 3.55. The van der Waals surface area contributed by atoms with Crippen molar-refractivity contribution in [2.45, 2.75) is 65.7 Å². The van der Waals surface area contributed by atoms with Crippen LogP contribution < -0.4 is 0 Å². The fourth-order valence-electron chi connectivity index (χ4n) is 3.55. The van der Waals surface area contributed by atoms with Crippen molar-refractivity contribution in [1.82, 2.24) is 19.7 Å². The topological polar surface area (TPSA) is 60.3 Å². The number of rotatable bonds is 5. The zero-order chi connectivity index (χ0) is 24.4. The molecule has 1 aliphatic heterocycles. The lowest BCUT2D eigenvalue weighted by Crippen LogP contribution is -2.39. The summed E-state index contributed by atoms with van der Waals surface area (Å²) in [6, 6.07) is 5.12. The SMILES string of the molecule is CC(C)Cc1nc(CC2=CCN(C(=O)OC(C)(C)C)CC2)n(-c2cccc(C(F)(F)F)c2)n1. The Morgan fingerprint density at radius 2 is 1.94 bits per heavy atom. The Morgan fingerprint density at radius 3 is 2.52 bits per heavy atom. The Bertz CT molecular complexity index is 1020. The van der Waals surface area contributed by atoms with E-state index in [4.69, 9.17) is 4.74 Å². The lowest BCUT2D eigenvalue weighted by atomic mass is 10.0. The van der Waals surface area contributed by atoms with Gasteiger partial charge in [0.15, 0.2) is 5.82 Å². The number of hydrogen-bond donors (Lipinski definition) is 0. The first-order valence-electron chi connectivity index (χ1n) is 11.1. The summed E-state index contributed by atoms with van der Waals surface area (Å²) in [5.74, 6) is 1.50. The fraction of sp³-hybridized carbons (Fsp3) is 0.542. The number of hydrogen-bond acceptors (Lipinski definition) is 4. The molecule has 0 bridgehead atoms. The monoisotopic (exact) mass is 464 g/mol. The van der Waals surface area contributed by atoms with Gasteiger partial charge in [0, 0.05) is 25.9 Å². The molecule has 0 atom stereocenters. The van der Waals surface area contributed by atoms with Crippen LogP contribution in [0.3, 0.4) is 0 Å². The van der Waals surface area contributed by atoms with Crippen molar-refractivity contribution >= 4 is 6.09 Å². The number of amides is 1. The van der Waals surface area contributed by atoms with Gasteiger partial charge in [0.2, 0.25) is 0 Å². The van der Waals surface area contributed by atoms with Gasteiger partial charge < -0.3 is 9.64 Å². The Balaban J connectivity index is 1.83. The van der Waals surface area contributed by atoms with Crippen LogP contribution in [0.5, 0.6) is 0 Å². The molecule has 2 aromatic rings. The van der Waals surface area contributed by atoms with Gasteiger partial charge in [-0.3, -0.25) is 0 Å². The molecule has 0 radical (unpaired) electrons. The van der Waals surface area contributed by atoms with Gasteiger partial charge in [-0.05, 0) is 51.3 Å². The molecular formula is C24H31F3N4O2. The summed E-state index contributed by atoms with van der Waals surface area (Å²) in [4.78, 5) is 18.6. The van der Waals surface area contributed by atoms with Crippen molar-refractivity contribution in [1.29, 1.82) is 0 Å². The third kappa shape index (κ3) is 6.82. The van der Waals surface area contributed by atoms with Gasteiger partial charge in [-0.2, -0.15) is 18.3 Å². The van der Waals surface area contributed by atoms with Crippen LogP contribution in [0.15, 0.2) is 35.9 Å². The third-order valence-corrected chi connectivity index (χ3v) is 5.07. The number of benzene rings is 1. The molecule has 0 unspecified atom stereocenters. The number of aromatic nitrogens is 3. The minimum atomic E-state index is -4.44. The molecular weight excluding hydrogens is 433 g/mol. The van der Waals surface area contributed by atoms with Crippen molar-refractivity contribution in [3.63, 3.8) is 0 Å². The summed E-state index contributed by atoms with van der Waals surface area (Å²) in [7, 11) is 0. The van der Waals surface area contributed by atoms with Crippen LogP contribution in [0, 0.1) is 5.92 Å². The molecule has 9 heteroatoms. The second-order valence-electron chi connectivity index (χ2n) is 9.72. The van der Waals surface area contributed by atoms with E-state index in [0.29, 0.717) is 55.6 Å². The maximum Gasteiger partial charge on any atom is 0.416 e. The maximum atomic E-state index is 13.2. The van der Waals surface area contributed by atoms with Gasteiger partial charge in [0.1, 0.15) is 11.4 Å². The van der Waals surface area contributed by atoms with E-state index >= 15 is 0 Å². The molecule has 1 aromatic carbocycles. The number of ether oxygens (including phenoxy) is 1. The third-order valence-electron chi connectivity index (χ3n) is 5.07. The molecule has 1 aliphatic rings. The highest BCUT2D eigenvalue weighted by molar-refractivity contribution is 5.68. The van der Waals surface area contributed by atoms with Gasteiger partial charge in [0.05, 0.1) is 11.3 Å². The molecule has 0 N–H and O–H groups in total. The van der Waals surface area contributed by atoms with E-state index in [0.717, 1.165) is 17.7 Å². The van der Waals surface area contributed by atoms with Crippen LogP contribution in [0.1, 0.15) is 58.3 Å². The molecule has 0 aliphatic carbocycles. The molecule has 0 saturated heterocycles. The summed E-state index contributed by atoms with van der Waals surface area (Å²) >= 11 is 0. The number of carbonyl (C=O) groups excluding carboxylic acids is 1. The molecule has 180 valence electrons. The predicted molar refractivity (Wildman–Crippen MR) is 119 cm³/mol. The second kappa shape index (κ2) is 9.57. The number of halogens is 3. The highest BCUT2D eigenvalue weighted by atomic mass is 19.4. The minimum absolute atomic E-state index is 0.312. The first-order valence-corrected chi connectivity index (χ1v) is 11.1. The molecule has 0 fully saturated rings. The molecule has 0 spiro atoms. The molecule has 2 heterocycles. The van der Waals surface area contributed by atoms with Crippen LogP contribution in [-0.2, 0) is 23.8 Å². The van der Waals surface area contributed by atoms with Crippen molar-refractivity contribution in [2.24, 2.45) is 5.92 Å². The van der Waals surface area contributed by atoms with Gasteiger partial charge in [0.25, 0.3) is 0 Å². The molecule has 1 aromatic heterocycles. The molecule has 0 saturated carbocycles. The largest absolute Gasteiger partial charge is 0.444 e. The van der Waals surface area contributed by atoms with E-state index in [2.05, 4.69) is 10.1 Å². The number of carbonyl (C=O) groups is 1. The minimum Gasteiger partial charge on any atom is -0.444 e. The van der Waals surface area contributed by atoms with E-state index in [1.165, 1.54) is 10.7 Å². The quantitative estimate of drug-likeness (QED) is 0.541. The Hall–Kier alpha value is -2.84. The van der Waals surface area contributed by atoms with Crippen molar-refractivity contribution in [3.8, 4) is 5.69 Å². The zero-order valence-electron chi connectivity index (χ0n) is 19.7. The van der Waals surface area contributed by atoms with E-state index in [1.807, 2.05) is 40.7 Å². The summed E-state index contributed by atoms with van der Waals surface area (Å²) < 4.78 is 46.7. The normalized spacial score (nSPS) is 15.1. The lowest BCUT2D eigenvalue weighted by Gasteiger charge is -2.29. The summed E-state index contributed by atoms with van der Waals surface area (Å²) in [5, 5.41) is 4.52. The lowest BCUT2D eigenvalue weighted by molar-refractivity contribution is -0.137. The first-order chi connectivity index (χ1) is 15.3. The van der Waals surface area contributed by atoms with Gasteiger partial charge >= 0.3 is 12.3 Å². The van der Waals surface area contributed by atoms with Crippen molar-refractivity contribution < 1.29 is 22.7 Å². The van der Waals surface area contributed by atoms with E-state index in [9.17, 15) is 18.0 Å². The van der Waals surface area contributed by atoms with E-state index < -0.39 is 17.3 Å². The Kier molecular flexibility index (Phi) is 7.19. The van der Waals surface area contributed by atoms with E-state index in [-0.39, 0.29) is 6.09 Å². The van der Waals surface area contributed by atoms with Crippen LogP contribution in [0.25, 0.3) is 5.69 Å². The number of nitrogens with zero attached hydrogens (tertiary/aromatic N) is 4. The summed E-state index contributed by atoms with van der Waals surface area (Å²) in [6.45, 7) is 10.5. The zero-order valence-corrected chi connectivity index (χ0v) is 19.7. The Labute approximate surface area is 192 Å². The number of alkyl halides is 3. The second-order valence-corrected chi connectivity index (χ2v) is 9.72. The highest BCUT2D eigenvalue weighted by Gasteiger charge is 2.31. The molecule has 1 amide bonds. The van der Waals surface area contributed by atoms with Crippen LogP contribution >= 0.6 is 0 Å². The molecule has 33 heavy (non-hydrogen) atoms. The van der Waals surface area contributed by atoms with Crippen LogP contribution in [-0.4, -0.2) is 44.4 Å². The van der Waals surface area contributed by atoms with E-state index in [1.54, 1.807) is 11.0 Å². The average molecular weight is 465 g/mol. The van der Waals surface area contributed by atoms with Crippen LogP contribution in [0.2, 0.25) is 0 Å². The Morgan fingerprint density at radius 1 is 1.21 bits per heavy atom. The average Bonchev–Trinajstić information content (AvgIpc) is 3.08. The first kappa shape index (κ1) is 24.8. The summed E-state index contributed by atoms with van der Waals surface area (Å²) in [5.41, 5.74) is 0.104. The molecule has 3 rings (SSSR count). The summed E-state index contributed by atoms with van der Waals surface area (Å²) in [6.07, 6.45) is -1.12. The highest BCUT2D eigenvalue weighted by Crippen LogP contribution is 2.30. The van der Waals surface area contributed by atoms with Crippen molar-refractivity contribution in [3.05, 3.63) is 53.1 Å². The van der Waals surface area contributed by atoms with Gasteiger partial charge in [-0.15, -0.1) is 0 Å². The van der Waals surface area contributed by atoms with Crippen molar-refractivity contribution in [2.75, 3.05) is 13.1 Å². The smallest absolute Gasteiger partial charge is 0.416 e. The predicted octanol–water partition coefficient (Wildman–Crippen LogP) is 5.59. The maximum absolute atomic E-state index is 13.2.